The average Bonchev–Trinajstić information content (AvgIpc) is 3.06. The van der Waals surface area contributed by atoms with Crippen molar-refractivity contribution in [2.45, 2.75) is 44.2 Å². The van der Waals surface area contributed by atoms with Crippen molar-refractivity contribution in [2.24, 2.45) is 5.92 Å². The molecule has 2 heterocycles. The molecule has 0 radical (unpaired) electrons. The number of carbonyl (C=O) groups is 1. The highest BCUT2D eigenvalue weighted by Gasteiger charge is 2.40. The lowest BCUT2D eigenvalue weighted by atomic mass is 9.97. The number of thiazole rings is 1. The van der Waals surface area contributed by atoms with Crippen LogP contribution in [-0.4, -0.2) is 36.7 Å². The van der Waals surface area contributed by atoms with Gasteiger partial charge in [0.05, 0.1) is 16.2 Å². The summed E-state index contributed by atoms with van der Waals surface area (Å²) in [5.74, 6) is -0.678. The molecule has 1 fully saturated rings. The van der Waals surface area contributed by atoms with E-state index >= 15 is 0 Å². The molecule has 30 heavy (non-hydrogen) atoms. The van der Waals surface area contributed by atoms with E-state index in [0.717, 1.165) is 39.5 Å². The van der Waals surface area contributed by atoms with Crippen LogP contribution < -0.4 is 5.32 Å². The van der Waals surface area contributed by atoms with Gasteiger partial charge in [-0.1, -0.05) is 19.1 Å². The number of aromatic nitrogens is 1. The van der Waals surface area contributed by atoms with Gasteiger partial charge in [-0.15, -0.1) is 11.3 Å². The molecule has 1 saturated heterocycles. The number of hydrogen-bond donors (Lipinski definition) is 1. The van der Waals surface area contributed by atoms with Crippen LogP contribution in [-0.2, 0) is 27.4 Å². The van der Waals surface area contributed by atoms with Gasteiger partial charge in [0.15, 0.2) is 5.13 Å². The summed E-state index contributed by atoms with van der Waals surface area (Å²) in [7, 11) is -4.32. The molecule has 0 spiro atoms. The fraction of sp³-hybridized carbons (Fsp3) is 0.474. The molecule has 0 aliphatic carbocycles. The van der Waals surface area contributed by atoms with Crippen molar-refractivity contribution in [3.63, 3.8) is 0 Å². The number of amides is 1. The van der Waals surface area contributed by atoms with Crippen LogP contribution in [0.1, 0.15) is 35.9 Å². The van der Waals surface area contributed by atoms with Crippen LogP contribution in [0.2, 0.25) is 0 Å². The summed E-state index contributed by atoms with van der Waals surface area (Å²) in [5.41, 5.74) is -0.268. The van der Waals surface area contributed by atoms with Gasteiger partial charge in [0.25, 0.3) is 0 Å². The van der Waals surface area contributed by atoms with Crippen LogP contribution in [0.3, 0.4) is 0 Å². The van der Waals surface area contributed by atoms with Crippen molar-refractivity contribution in [3.05, 3.63) is 40.4 Å². The fourth-order valence-electron chi connectivity index (χ4n) is 3.44. The smallest absolute Gasteiger partial charge is 0.302 e. The van der Waals surface area contributed by atoms with Gasteiger partial charge in [-0.3, -0.25) is 4.79 Å². The molecular formula is C19H22F3N3O3S2. The van der Waals surface area contributed by atoms with E-state index in [-0.39, 0.29) is 31.8 Å². The minimum atomic E-state index is -4.77. The maximum absolute atomic E-state index is 13.2. The lowest BCUT2D eigenvalue weighted by Crippen LogP contribution is -2.41. The molecule has 3 rings (SSSR count). The number of nitrogens with one attached hydrogen (secondary N) is 1. The molecule has 1 amide bonds. The third-order valence-corrected chi connectivity index (χ3v) is 7.98. The molecular weight excluding hydrogens is 439 g/mol. The minimum absolute atomic E-state index is 0.0241. The Bertz CT molecular complexity index is 1030. The number of carbonyl (C=O) groups excluding carboxylic acids is 1. The first-order chi connectivity index (χ1) is 14.0. The second kappa shape index (κ2) is 8.64. The van der Waals surface area contributed by atoms with Crippen molar-refractivity contribution in [1.29, 1.82) is 0 Å². The van der Waals surface area contributed by atoms with Gasteiger partial charge < -0.3 is 5.32 Å². The molecule has 1 aliphatic rings. The Morgan fingerprint density at radius 1 is 1.27 bits per heavy atom. The number of halogens is 3. The lowest BCUT2D eigenvalue weighted by Gasteiger charge is -2.31. The van der Waals surface area contributed by atoms with Crippen LogP contribution in [0.5, 0.6) is 0 Å². The van der Waals surface area contributed by atoms with Crippen molar-refractivity contribution in [3.8, 4) is 0 Å². The summed E-state index contributed by atoms with van der Waals surface area (Å²) < 4.78 is 66.4. The molecule has 1 N–H and O–H groups in total. The zero-order valence-electron chi connectivity index (χ0n) is 16.5. The van der Waals surface area contributed by atoms with E-state index in [1.807, 2.05) is 13.8 Å². The second-order valence-corrected chi connectivity index (χ2v) is 10.1. The average molecular weight is 462 g/mol. The van der Waals surface area contributed by atoms with Gasteiger partial charge >= 0.3 is 6.18 Å². The molecule has 2 aromatic rings. The second-order valence-electron chi connectivity index (χ2n) is 7.04. The van der Waals surface area contributed by atoms with E-state index < -0.39 is 32.6 Å². The first-order valence-electron chi connectivity index (χ1n) is 9.47. The molecule has 0 bridgehead atoms. The number of nitrogens with zero attached hydrogens (tertiary/aromatic N) is 2. The normalized spacial score (nSPS) is 16.6. The number of benzene rings is 1. The van der Waals surface area contributed by atoms with Gasteiger partial charge in [-0.2, -0.15) is 17.5 Å². The Hall–Kier alpha value is -1.98. The van der Waals surface area contributed by atoms with Crippen LogP contribution in [0.15, 0.2) is 29.2 Å². The van der Waals surface area contributed by atoms with Gasteiger partial charge in [-0.25, -0.2) is 13.4 Å². The van der Waals surface area contributed by atoms with E-state index in [1.165, 1.54) is 17.4 Å². The molecule has 11 heteroatoms. The fourth-order valence-corrected chi connectivity index (χ4v) is 6.03. The molecule has 1 aromatic carbocycles. The minimum Gasteiger partial charge on any atom is -0.302 e. The number of aryl methyl sites for hydroxylation is 2. The topological polar surface area (TPSA) is 79.4 Å². The first-order valence-corrected chi connectivity index (χ1v) is 11.7. The summed E-state index contributed by atoms with van der Waals surface area (Å²) in [6.45, 7) is 3.85. The van der Waals surface area contributed by atoms with E-state index in [4.69, 9.17) is 0 Å². The highest BCUT2D eigenvalue weighted by molar-refractivity contribution is 7.89. The Morgan fingerprint density at radius 2 is 1.90 bits per heavy atom. The molecule has 1 aromatic heterocycles. The molecule has 1 aliphatic heterocycles. The molecule has 164 valence electrons. The number of rotatable bonds is 5. The van der Waals surface area contributed by atoms with Crippen molar-refractivity contribution in [2.75, 3.05) is 18.4 Å². The molecule has 6 nitrogen and oxygen atoms in total. The number of sulfonamides is 1. The Labute approximate surface area is 177 Å². The Morgan fingerprint density at radius 3 is 2.47 bits per heavy atom. The predicted octanol–water partition coefficient (Wildman–Crippen LogP) is 4.07. The van der Waals surface area contributed by atoms with E-state index in [9.17, 15) is 26.4 Å². The number of hydrogen-bond acceptors (Lipinski definition) is 5. The number of anilines is 1. The zero-order valence-corrected chi connectivity index (χ0v) is 18.1. The summed E-state index contributed by atoms with van der Waals surface area (Å²) >= 11 is 1.38. The maximum Gasteiger partial charge on any atom is 0.417 e. The largest absolute Gasteiger partial charge is 0.417 e. The van der Waals surface area contributed by atoms with Crippen LogP contribution in [0.25, 0.3) is 0 Å². The standard InChI is InChI=1S/C19H22F3N3O3S2/c1-3-15-12(2)29-18(23-15)24-17(26)13-8-10-25(11-9-13)30(27,28)16-7-5-4-6-14(16)19(20,21)22/h4-7,13H,3,8-11H2,1-2H3,(H,23,24,26). The molecule has 0 atom stereocenters. The van der Waals surface area contributed by atoms with Crippen molar-refractivity contribution >= 4 is 32.4 Å². The highest BCUT2D eigenvalue weighted by Crippen LogP contribution is 2.36. The summed E-state index contributed by atoms with van der Waals surface area (Å²) in [4.78, 5) is 17.2. The summed E-state index contributed by atoms with van der Waals surface area (Å²) in [6.07, 6.45) is -3.56. The third-order valence-electron chi connectivity index (χ3n) is 5.09. The first kappa shape index (κ1) is 22.7. The molecule has 0 saturated carbocycles. The lowest BCUT2D eigenvalue weighted by molar-refractivity contribution is -0.139. The summed E-state index contributed by atoms with van der Waals surface area (Å²) in [6, 6.07) is 4.15. The Balaban J connectivity index is 1.68. The van der Waals surface area contributed by atoms with Gasteiger partial charge in [0.2, 0.25) is 15.9 Å². The maximum atomic E-state index is 13.2. The third kappa shape index (κ3) is 4.68. The Kier molecular flexibility index (Phi) is 6.54. The number of alkyl halides is 3. The predicted molar refractivity (Wildman–Crippen MR) is 108 cm³/mol. The SMILES string of the molecule is CCc1nc(NC(=O)C2CCN(S(=O)(=O)c3ccccc3C(F)(F)F)CC2)sc1C. The summed E-state index contributed by atoms with van der Waals surface area (Å²) in [5, 5.41) is 3.28. The van der Waals surface area contributed by atoms with Crippen LogP contribution in [0, 0.1) is 12.8 Å². The number of piperidine rings is 1. The monoisotopic (exact) mass is 461 g/mol. The quantitative estimate of drug-likeness (QED) is 0.728. The van der Waals surface area contributed by atoms with E-state index in [1.54, 1.807) is 0 Å². The zero-order chi connectivity index (χ0) is 22.1. The van der Waals surface area contributed by atoms with E-state index in [2.05, 4.69) is 10.3 Å². The van der Waals surface area contributed by atoms with Gasteiger partial charge in [0, 0.05) is 23.9 Å². The van der Waals surface area contributed by atoms with Crippen LogP contribution >= 0.6 is 11.3 Å². The van der Waals surface area contributed by atoms with Crippen LogP contribution in [0.4, 0.5) is 18.3 Å². The van der Waals surface area contributed by atoms with Crippen molar-refractivity contribution in [1.82, 2.24) is 9.29 Å². The van der Waals surface area contributed by atoms with Crippen molar-refractivity contribution < 1.29 is 26.4 Å². The highest BCUT2D eigenvalue weighted by atomic mass is 32.2. The van der Waals surface area contributed by atoms with Gasteiger partial charge in [-0.05, 0) is 38.3 Å². The van der Waals surface area contributed by atoms with E-state index in [0.29, 0.717) is 5.13 Å². The molecule has 0 unspecified atom stereocenters. The van der Waals surface area contributed by atoms with Gasteiger partial charge in [0.1, 0.15) is 0 Å².